The Balaban J connectivity index is 1.37. The van der Waals surface area contributed by atoms with Crippen LogP contribution in [0.1, 0.15) is 44.4 Å². The Morgan fingerprint density at radius 2 is 1.88 bits per heavy atom. The molecule has 1 unspecified atom stereocenters. The van der Waals surface area contributed by atoms with Gasteiger partial charge in [-0.05, 0) is 79.2 Å². The van der Waals surface area contributed by atoms with Gasteiger partial charge >= 0.3 is 0 Å². The molecule has 0 bridgehead atoms. The molecule has 1 fully saturated rings. The van der Waals surface area contributed by atoms with E-state index in [2.05, 4.69) is 66.7 Å². The lowest BCUT2D eigenvalue weighted by molar-refractivity contribution is -0.117. The molecular formula is C31H36N2O. The first-order valence-corrected chi connectivity index (χ1v) is 12.6. The molecule has 2 aromatic rings. The molecule has 1 aromatic carbocycles. The molecule has 34 heavy (non-hydrogen) atoms. The van der Waals surface area contributed by atoms with Gasteiger partial charge in [-0.15, -0.1) is 0 Å². The molecule has 2 heterocycles. The summed E-state index contributed by atoms with van der Waals surface area (Å²) in [6.45, 7) is 11.1. The number of ketones is 1. The summed E-state index contributed by atoms with van der Waals surface area (Å²) in [5, 5.41) is 0. The molecule has 1 atom stereocenters. The minimum Gasteiger partial charge on any atom is -0.372 e. The van der Waals surface area contributed by atoms with E-state index in [9.17, 15) is 4.79 Å². The van der Waals surface area contributed by atoms with Gasteiger partial charge in [-0.1, -0.05) is 61.9 Å². The van der Waals surface area contributed by atoms with Crippen LogP contribution in [-0.2, 0) is 17.6 Å². The maximum absolute atomic E-state index is 12.5. The summed E-state index contributed by atoms with van der Waals surface area (Å²) in [6, 6.07) is 14.9. The number of carbonyl (C=O) groups is 1. The van der Waals surface area contributed by atoms with Gasteiger partial charge < -0.3 is 4.90 Å². The monoisotopic (exact) mass is 452 g/mol. The van der Waals surface area contributed by atoms with E-state index in [0.29, 0.717) is 6.42 Å². The molecule has 0 saturated carbocycles. The van der Waals surface area contributed by atoms with Crippen molar-refractivity contribution in [2.75, 3.05) is 18.0 Å². The van der Waals surface area contributed by atoms with Crippen molar-refractivity contribution in [2.24, 2.45) is 11.8 Å². The standard InChI is InChI=1S/C31H36N2O/c1-4-25-16-19-33(20-17-25)29-13-9-26(10-14-29)21-23(2)8-11-27-12-15-31(34)30(24(27)3)22-28-7-5-6-18-32-28/h5-15,18,25,30H,3-4,16-17,19-22H2,1-2H3/b23-8+,27-11-. The van der Waals surface area contributed by atoms with E-state index in [1.54, 1.807) is 12.3 Å². The molecule has 0 amide bonds. The lowest BCUT2D eigenvalue weighted by Gasteiger charge is -2.33. The van der Waals surface area contributed by atoms with Gasteiger partial charge in [-0.25, -0.2) is 0 Å². The van der Waals surface area contributed by atoms with Crippen molar-refractivity contribution in [3.63, 3.8) is 0 Å². The zero-order valence-corrected chi connectivity index (χ0v) is 20.5. The molecule has 1 aliphatic carbocycles. The molecule has 0 spiro atoms. The Hall–Kier alpha value is -3.20. The van der Waals surface area contributed by atoms with Crippen LogP contribution in [0.5, 0.6) is 0 Å². The summed E-state index contributed by atoms with van der Waals surface area (Å²) in [4.78, 5) is 19.4. The number of benzene rings is 1. The van der Waals surface area contributed by atoms with Crippen molar-refractivity contribution in [1.29, 1.82) is 0 Å². The first-order valence-electron chi connectivity index (χ1n) is 12.6. The van der Waals surface area contributed by atoms with Crippen LogP contribution in [0.3, 0.4) is 0 Å². The summed E-state index contributed by atoms with van der Waals surface area (Å²) < 4.78 is 0. The SMILES string of the molecule is C=C1/C(=C\C=C(/C)Cc2ccc(N3CCC(CC)CC3)cc2)C=CC(=O)C1Cc1ccccn1. The Morgan fingerprint density at radius 1 is 1.12 bits per heavy atom. The molecule has 0 radical (unpaired) electrons. The smallest absolute Gasteiger partial charge is 0.163 e. The topological polar surface area (TPSA) is 33.2 Å². The molecular weight excluding hydrogens is 416 g/mol. The molecule has 3 nitrogen and oxygen atoms in total. The van der Waals surface area contributed by atoms with E-state index >= 15 is 0 Å². The summed E-state index contributed by atoms with van der Waals surface area (Å²) in [5.74, 6) is 0.762. The van der Waals surface area contributed by atoms with Crippen molar-refractivity contribution >= 4 is 11.5 Å². The predicted octanol–water partition coefficient (Wildman–Crippen LogP) is 6.68. The van der Waals surface area contributed by atoms with Crippen LogP contribution >= 0.6 is 0 Å². The van der Waals surface area contributed by atoms with Crippen LogP contribution in [0.15, 0.2) is 96.3 Å². The minimum absolute atomic E-state index is 0.104. The molecule has 1 aromatic heterocycles. The molecule has 176 valence electrons. The van der Waals surface area contributed by atoms with Crippen LogP contribution in [0.25, 0.3) is 0 Å². The summed E-state index contributed by atoms with van der Waals surface area (Å²) >= 11 is 0. The largest absolute Gasteiger partial charge is 0.372 e. The Bertz CT molecular complexity index is 1080. The first kappa shape index (κ1) is 23.9. The van der Waals surface area contributed by atoms with Gasteiger partial charge in [0.2, 0.25) is 0 Å². The number of hydrogen-bond donors (Lipinski definition) is 0. The van der Waals surface area contributed by atoms with Gasteiger partial charge in [0.25, 0.3) is 0 Å². The number of piperidine rings is 1. The third kappa shape index (κ3) is 6.02. The van der Waals surface area contributed by atoms with E-state index in [-0.39, 0.29) is 11.7 Å². The van der Waals surface area contributed by atoms with Gasteiger partial charge in [-0.2, -0.15) is 0 Å². The van der Waals surface area contributed by atoms with Gasteiger partial charge in [0.05, 0.1) is 5.92 Å². The van der Waals surface area contributed by atoms with Gasteiger partial charge in [0.15, 0.2) is 5.78 Å². The number of pyridine rings is 1. The quantitative estimate of drug-likeness (QED) is 0.470. The summed E-state index contributed by atoms with van der Waals surface area (Å²) in [5.41, 5.74) is 6.75. The lowest BCUT2D eigenvalue weighted by Crippen LogP contribution is -2.33. The van der Waals surface area contributed by atoms with Gasteiger partial charge in [0, 0.05) is 37.1 Å². The Labute approximate surface area is 204 Å². The zero-order valence-electron chi connectivity index (χ0n) is 20.5. The number of carbonyl (C=O) groups excluding carboxylic acids is 1. The molecule has 2 aliphatic rings. The second kappa shape index (κ2) is 11.3. The molecule has 1 aliphatic heterocycles. The van der Waals surface area contributed by atoms with Gasteiger partial charge in [-0.3, -0.25) is 9.78 Å². The number of rotatable bonds is 7. The molecule has 0 N–H and O–H groups in total. The maximum atomic E-state index is 12.5. The molecule has 4 rings (SSSR count). The van der Waals surface area contributed by atoms with E-state index in [1.165, 1.54) is 49.2 Å². The second-order valence-electron chi connectivity index (χ2n) is 9.66. The van der Waals surface area contributed by atoms with Crippen LogP contribution in [0.4, 0.5) is 5.69 Å². The van der Waals surface area contributed by atoms with Crippen molar-refractivity contribution < 1.29 is 4.79 Å². The maximum Gasteiger partial charge on any atom is 0.163 e. The van der Waals surface area contributed by atoms with Crippen molar-refractivity contribution in [1.82, 2.24) is 4.98 Å². The fourth-order valence-electron chi connectivity index (χ4n) is 4.92. The number of anilines is 1. The van der Waals surface area contributed by atoms with E-state index in [4.69, 9.17) is 0 Å². The number of nitrogens with zero attached hydrogens (tertiary/aromatic N) is 2. The van der Waals surface area contributed by atoms with Crippen LogP contribution in [0, 0.1) is 11.8 Å². The first-order chi connectivity index (χ1) is 16.5. The average molecular weight is 453 g/mol. The van der Waals surface area contributed by atoms with E-state index < -0.39 is 0 Å². The Morgan fingerprint density at radius 3 is 2.56 bits per heavy atom. The van der Waals surface area contributed by atoms with Crippen LogP contribution in [0.2, 0.25) is 0 Å². The zero-order chi connectivity index (χ0) is 23.9. The fourth-order valence-corrected chi connectivity index (χ4v) is 4.92. The average Bonchev–Trinajstić information content (AvgIpc) is 2.87. The van der Waals surface area contributed by atoms with Crippen molar-refractivity contribution in [2.45, 2.75) is 46.0 Å². The molecule has 1 saturated heterocycles. The highest BCUT2D eigenvalue weighted by atomic mass is 16.1. The molecule has 3 heteroatoms. The summed E-state index contributed by atoms with van der Waals surface area (Å²) in [6.07, 6.45) is 15.0. The normalized spacial score (nSPS) is 20.9. The van der Waals surface area contributed by atoms with Gasteiger partial charge in [0.1, 0.15) is 0 Å². The minimum atomic E-state index is -0.241. The van der Waals surface area contributed by atoms with Crippen LogP contribution < -0.4 is 4.90 Å². The third-order valence-electron chi connectivity index (χ3n) is 7.23. The highest BCUT2D eigenvalue weighted by Crippen LogP contribution is 2.29. The fraction of sp³-hybridized carbons (Fsp3) is 0.355. The second-order valence-corrected chi connectivity index (χ2v) is 9.66. The van der Waals surface area contributed by atoms with Crippen molar-refractivity contribution in [3.8, 4) is 0 Å². The van der Waals surface area contributed by atoms with Crippen molar-refractivity contribution in [3.05, 3.63) is 108 Å². The summed E-state index contributed by atoms with van der Waals surface area (Å²) in [7, 11) is 0. The predicted molar refractivity (Wildman–Crippen MR) is 142 cm³/mol. The number of aromatic nitrogens is 1. The van der Waals surface area contributed by atoms with Crippen LogP contribution in [-0.4, -0.2) is 23.9 Å². The number of allylic oxidation sites excluding steroid dienone is 7. The lowest BCUT2D eigenvalue weighted by atomic mass is 9.82. The van der Waals surface area contributed by atoms with E-state index in [1.807, 2.05) is 24.3 Å². The highest BCUT2D eigenvalue weighted by molar-refractivity contribution is 5.97. The third-order valence-corrected chi connectivity index (χ3v) is 7.23. The Kier molecular flexibility index (Phi) is 7.95. The van der Waals surface area contributed by atoms with E-state index in [0.717, 1.165) is 29.2 Å². The highest BCUT2D eigenvalue weighted by Gasteiger charge is 2.25. The number of hydrogen-bond acceptors (Lipinski definition) is 3.